The molecular formula is C21H20ClN3O2S2. The van der Waals surface area contributed by atoms with E-state index in [4.69, 9.17) is 11.6 Å². The predicted octanol–water partition coefficient (Wildman–Crippen LogP) is 4.53. The number of hydrogen-bond donors (Lipinski definition) is 1. The van der Waals surface area contributed by atoms with E-state index in [1.165, 1.54) is 11.8 Å². The Hall–Kier alpha value is -2.09. The second-order valence-electron chi connectivity index (χ2n) is 6.94. The highest BCUT2D eigenvalue weighted by Crippen LogP contribution is 2.30. The second kappa shape index (κ2) is 8.73. The first-order valence-electron chi connectivity index (χ1n) is 9.35. The molecule has 0 saturated carbocycles. The van der Waals surface area contributed by atoms with Crippen molar-refractivity contribution in [1.29, 1.82) is 0 Å². The summed E-state index contributed by atoms with van der Waals surface area (Å²) in [7, 11) is 0. The smallest absolute Gasteiger partial charge is 0.325 e. The van der Waals surface area contributed by atoms with Gasteiger partial charge in [-0.3, -0.25) is 9.36 Å². The minimum Gasteiger partial charge on any atom is -0.325 e. The molecule has 3 aromatic rings. The van der Waals surface area contributed by atoms with Crippen LogP contribution in [0.5, 0.6) is 0 Å². The number of thiophene rings is 1. The Balaban J connectivity index is 1.48. The largest absolute Gasteiger partial charge is 0.349 e. The lowest BCUT2D eigenvalue weighted by Crippen LogP contribution is -2.27. The van der Waals surface area contributed by atoms with Crippen LogP contribution < -0.4 is 11.0 Å². The van der Waals surface area contributed by atoms with Crippen molar-refractivity contribution in [1.82, 2.24) is 9.55 Å². The number of halogens is 1. The van der Waals surface area contributed by atoms with Gasteiger partial charge in [0.05, 0.1) is 12.3 Å². The van der Waals surface area contributed by atoms with E-state index < -0.39 is 0 Å². The van der Waals surface area contributed by atoms with Crippen molar-refractivity contribution in [2.45, 2.75) is 37.8 Å². The maximum atomic E-state index is 12.7. The number of carbonyl (C=O) groups is 1. The fourth-order valence-electron chi connectivity index (χ4n) is 3.43. The average Bonchev–Trinajstić information content (AvgIpc) is 3.37. The summed E-state index contributed by atoms with van der Waals surface area (Å²) >= 11 is 9.08. The number of amides is 1. The molecular weight excluding hydrogens is 426 g/mol. The molecule has 0 saturated heterocycles. The number of benzene rings is 1. The molecule has 0 fully saturated rings. The molecule has 2 aromatic heterocycles. The Kier molecular flexibility index (Phi) is 6.08. The van der Waals surface area contributed by atoms with Crippen molar-refractivity contribution in [3.8, 4) is 0 Å². The van der Waals surface area contributed by atoms with E-state index >= 15 is 0 Å². The Labute approximate surface area is 182 Å². The van der Waals surface area contributed by atoms with E-state index in [0.29, 0.717) is 22.3 Å². The van der Waals surface area contributed by atoms with Gasteiger partial charge >= 0.3 is 5.69 Å². The predicted molar refractivity (Wildman–Crippen MR) is 119 cm³/mol. The number of anilines is 1. The van der Waals surface area contributed by atoms with Crippen LogP contribution in [-0.4, -0.2) is 21.2 Å². The summed E-state index contributed by atoms with van der Waals surface area (Å²) in [6.45, 7) is 2.47. The molecule has 8 heteroatoms. The zero-order valence-electron chi connectivity index (χ0n) is 15.9. The minimum atomic E-state index is -0.243. The highest BCUT2D eigenvalue weighted by Gasteiger charge is 2.22. The molecule has 2 heterocycles. The van der Waals surface area contributed by atoms with Crippen molar-refractivity contribution in [2.24, 2.45) is 0 Å². The summed E-state index contributed by atoms with van der Waals surface area (Å²) in [5.41, 5.74) is 3.55. The fraction of sp³-hybridized carbons (Fsp3) is 0.286. The van der Waals surface area contributed by atoms with E-state index in [1.54, 1.807) is 22.0 Å². The van der Waals surface area contributed by atoms with Crippen LogP contribution in [0.15, 0.2) is 45.5 Å². The van der Waals surface area contributed by atoms with Crippen LogP contribution in [0.25, 0.3) is 0 Å². The Morgan fingerprint density at radius 3 is 2.97 bits per heavy atom. The normalized spacial score (nSPS) is 12.8. The van der Waals surface area contributed by atoms with Crippen LogP contribution >= 0.6 is 34.7 Å². The zero-order valence-corrected chi connectivity index (χ0v) is 18.3. The monoisotopic (exact) mass is 445 g/mol. The summed E-state index contributed by atoms with van der Waals surface area (Å²) in [5.74, 6) is 0.0468. The number of aryl methyl sites for hydroxylation is 1. The summed E-state index contributed by atoms with van der Waals surface area (Å²) in [6, 6.07) is 9.45. The molecule has 0 spiro atoms. The molecule has 1 aromatic carbocycles. The zero-order chi connectivity index (χ0) is 20.4. The van der Waals surface area contributed by atoms with Gasteiger partial charge in [0.1, 0.15) is 5.03 Å². The van der Waals surface area contributed by atoms with Gasteiger partial charge < -0.3 is 5.32 Å². The third kappa shape index (κ3) is 4.57. The van der Waals surface area contributed by atoms with Crippen LogP contribution in [0.1, 0.15) is 28.1 Å². The Morgan fingerprint density at radius 2 is 2.21 bits per heavy atom. The van der Waals surface area contributed by atoms with Gasteiger partial charge in [-0.2, -0.15) is 4.98 Å². The van der Waals surface area contributed by atoms with E-state index in [9.17, 15) is 9.59 Å². The van der Waals surface area contributed by atoms with Gasteiger partial charge in [0.15, 0.2) is 0 Å². The van der Waals surface area contributed by atoms with Crippen LogP contribution in [-0.2, 0) is 24.2 Å². The number of fused-ring (bicyclic) bond motifs is 1. The topological polar surface area (TPSA) is 64.0 Å². The third-order valence-corrected chi connectivity index (χ3v) is 7.18. The molecule has 150 valence electrons. The first kappa shape index (κ1) is 20.2. The highest BCUT2D eigenvalue weighted by molar-refractivity contribution is 8.00. The molecule has 0 aliphatic heterocycles. The molecule has 5 nitrogen and oxygen atoms in total. The molecule has 0 radical (unpaired) electrons. The van der Waals surface area contributed by atoms with Gasteiger partial charge in [-0.1, -0.05) is 35.5 Å². The Bertz CT molecular complexity index is 1110. The first-order chi connectivity index (χ1) is 14.0. The lowest BCUT2D eigenvalue weighted by atomic mass is 10.2. The maximum Gasteiger partial charge on any atom is 0.349 e. The number of nitrogens with one attached hydrogen (secondary N) is 1. The molecule has 0 unspecified atom stereocenters. The number of thioether (sulfide) groups is 1. The van der Waals surface area contributed by atoms with Crippen molar-refractivity contribution in [3.63, 3.8) is 0 Å². The van der Waals surface area contributed by atoms with Gasteiger partial charge in [0.25, 0.3) is 0 Å². The number of aromatic nitrogens is 2. The van der Waals surface area contributed by atoms with Gasteiger partial charge in [0, 0.05) is 26.8 Å². The SMILES string of the molecule is Cc1ccc(NC(=O)CSc2nc(=O)n(Cc3cccs3)c3c2CCC3)cc1Cl. The van der Waals surface area contributed by atoms with Crippen molar-refractivity contribution in [3.05, 3.63) is 72.9 Å². The minimum absolute atomic E-state index is 0.147. The van der Waals surface area contributed by atoms with Crippen LogP contribution in [0, 0.1) is 6.92 Å². The lowest BCUT2D eigenvalue weighted by Gasteiger charge is -2.13. The summed E-state index contributed by atoms with van der Waals surface area (Å²) in [6.07, 6.45) is 2.77. The Morgan fingerprint density at radius 1 is 1.34 bits per heavy atom. The summed E-state index contributed by atoms with van der Waals surface area (Å²) in [4.78, 5) is 30.5. The summed E-state index contributed by atoms with van der Waals surface area (Å²) in [5, 5.41) is 6.16. The van der Waals surface area contributed by atoms with Crippen LogP contribution in [0.4, 0.5) is 5.69 Å². The maximum absolute atomic E-state index is 12.7. The number of carbonyl (C=O) groups excluding carboxylic acids is 1. The van der Waals surface area contributed by atoms with E-state index in [2.05, 4.69) is 10.3 Å². The van der Waals surface area contributed by atoms with Gasteiger partial charge in [-0.15, -0.1) is 11.3 Å². The number of hydrogen-bond acceptors (Lipinski definition) is 5. The first-order valence-corrected chi connectivity index (χ1v) is 11.6. The molecule has 1 N–H and O–H groups in total. The molecule has 0 bridgehead atoms. The van der Waals surface area contributed by atoms with E-state index in [1.807, 2.05) is 36.6 Å². The number of nitrogens with zero attached hydrogens (tertiary/aromatic N) is 2. The molecule has 4 rings (SSSR count). The highest BCUT2D eigenvalue weighted by atomic mass is 35.5. The third-order valence-electron chi connectivity index (χ3n) is 4.89. The molecule has 0 atom stereocenters. The van der Waals surface area contributed by atoms with Gasteiger partial charge in [0.2, 0.25) is 5.91 Å². The average molecular weight is 446 g/mol. The van der Waals surface area contributed by atoms with Gasteiger partial charge in [-0.05, 0) is 55.3 Å². The standard InChI is InChI=1S/C21H20ClN3O2S2/c1-13-7-8-14(10-17(13)22)23-19(26)12-29-20-16-5-2-6-18(16)25(21(27)24-20)11-15-4-3-9-28-15/h3-4,7-10H,2,5-6,11-12H2,1H3,(H,23,26). The van der Waals surface area contributed by atoms with E-state index in [-0.39, 0.29) is 17.3 Å². The number of rotatable bonds is 6. The molecule has 1 aliphatic carbocycles. The molecule has 29 heavy (non-hydrogen) atoms. The fourth-order valence-corrected chi connectivity index (χ4v) is 5.18. The quantitative estimate of drug-likeness (QED) is 0.447. The van der Waals surface area contributed by atoms with Crippen LogP contribution in [0.3, 0.4) is 0 Å². The second-order valence-corrected chi connectivity index (χ2v) is 9.35. The van der Waals surface area contributed by atoms with E-state index in [0.717, 1.165) is 41.0 Å². The summed E-state index contributed by atoms with van der Waals surface area (Å²) < 4.78 is 1.78. The lowest BCUT2D eigenvalue weighted by molar-refractivity contribution is -0.113. The van der Waals surface area contributed by atoms with Crippen LogP contribution in [0.2, 0.25) is 5.02 Å². The van der Waals surface area contributed by atoms with Crippen molar-refractivity contribution < 1.29 is 4.79 Å². The molecule has 1 amide bonds. The molecule has 1 aliphatic rings. The van der Waals surface area contributed by atoms with Crippen molar-refractivity contribution in [2.75, 3.05) is 11.1 Å². The van der Waals surface area contributed by atoms with Gasteiger partial charge in [-0.25, -0.2) is 4.79 Å². The van der Waals surface area contributed by atoms with Crippen molar-refractivity contribution >= 4 is 46.3 Å².